The Morgan fingerprint density at radius 1 is 1.45 bits per heavy atom. The van der Waals surface area contributed by atoms with E-state index in [2.05, 4.69) is 10.1 Å². The van der Waals surface area contributed by atoms with Gasteiger partial charge in [-0.3, -0.25) is 10.1 Å². The maximum absolute atomic E-state index is 12.2. The summed E-state index contributed by atoms with van der Waals surface area (Å²) in [6.07, 6.45) is -3.29. The Kier molecular flexibility index (Phi) is 4.22. The Morgan fingerprint density at radius 2 is 2.10 bits per heavy atom. The number of alkyl halides is 3. The standard InChI is InChI=1S/C12H17F3N2O3/c1-2-7-6-17(8-4-3-5-8)10(18)9(16-7)20-11(19)12(13,14)15/h7-9,16H,2-6H2,1H3. The molecule has 5 nitrogen and oxygen atoms in total. The monoisotopic (exact) mass is 294 g/mol. The highest BCUT2D eigenvalue weighted by Gasteiger charge is 2.46. The number of carbonyl (C=O) groups is 2. The number of ether oxygens (including phenoxy) is 1. The van der Waals surface area contributed by atoms with Crippen LogP contribution in [0.1, 0.15) is 32.6 Å². The van der Waals surface area contributed by atoms with Crippen LogP contribution in [0.4, 0.5) is 13.2 Å². The summed E-state index contributed by atoms with van der Waals surface area (Å²) in [5, 5.41) is 2.65. The van der Waals surface area contributed by atoms with E-state index in [0.29, 0.717) is 13.0 Å². The molecule has 0 aromatic heterocycles. The van der Waals surface area contributed by atoms with Crippen LogP contribution in [0, 0.1) is 0 Å². The van der Waals surface area contributed by atoms with Crippen molar-refractivity contribution in [3.8, 4) is 0 Å². The molecule has 1 aliphatic carbocycles. The van der Waals surface area contributed by atoms with E-state index in [1.54, 1.807) is 4.90 Å². The van der Waals surface area contributed by atoms with Crippen LogP contribution in [-0.4, -0.2) is 47.8 Å². The SMILES string of the molecule is CCC1CN(C2CCC2)C(=O)C(OC(=O)C(F)(F)F)N1. The van der Waals surface area contributed by atoms with Gasteiger partial charge in [0.2, 0.25) is 6.23 Å². The highest BCUT2D eigenvalue weighted by molar-refractivity contribution is 5.85. The molecule has 2 unspecified atom stereocenters. The van der Waals surface area contributed by atoms with Crippen LogP contribution in [0.25, 0.3) is 0 Å². The number of hydrogen-bond donors (Lipinski definition) is 1. The minimum absolute atomic E-state index is 0.0609. The van der Waals surface area contributed by atoms with Crippen molar-refractivity contribution in [1.82, 2.24) is 10.2 Å². The first-order valence-corrected chi connectivity index (χ1v) is 6.67. The molecule has 1 saturated carbocycles. The number of amides is 1. The molecule has 0 bridgehead atoms. The van der Waals surface area contributed by atoms with E-state index < -0.39 is 24.3 Å². The highest BCUT2D eigenvalue weighted by Crippen LogP contribution is 2.28. The number of esters is 1. The molecule has 0 radical (unpaired) electrons. The lowest BCUT2D eigenvalue weighted by atomic mass is 9.90. The van der Waals surface area contributed by atoms with Gasteiger partial charge in [-0.15, -0.1) is 0 Å². The van der Waals surface area contributed by atoms with Crippen LogP contribution in [-0.2, 0) is 14.3 Å². The van der Waals surface area contributed by atoms with Crippen molar-refractivity contribution in [2.45, 2.75) is 57.1 Å². The summed E-state index contributed by atoms with van der Waals surface area (Å²) in [6, 6.07) is -0.106. The van der Waals surface area contributed by atoms with E-state index in [4.69, 9.17) is 0 Å². The van der Waals surface area contributed by atoms with Crippen LogP contribution in [0.5, 0.6) is 0 Å². The molecule has 2 atom stereocenters. The lowest BCUT2D eigenvalue weighted by Crippen LogP contribution is -2.64. The Morgan fingerprint density at radius 3 is 2.55 bits per heavy atom. The lowest BCUT2D eigenvalue weighted by Gasteiger charge is -2.44. The van der Waals surface area contributed by atoms with Gasteiger partial charge in [0.1, 0.15) is 0 Å². The Balaban J connectivity index is 2.06. The molecule has 0 spiro atoms. The van der Waals surface area contributed by atoms with E-state index in [0.717, 1.165) is 19.3 Å². The average molecular weight is 294 g/mol. The number of nitrogens with one attached hydrogen (secondary N) is 1. The van der Waals surface area contributed by atoms with Gasteiger partial charge in [0.15, 0.2) is 0 Å². The number of nitrogens with zero attached hydrogens (tertiary/aromatic N) is 1. The average Bonchev–Trinajstić information content (AvgIpc) is 2.30. The molecule has 2 aliphatic rings. The van der Waals surface area contributed by atoms with Gasteiger partial charge in [-0.2, -0.15) is 13.2 Å². The van der Waals surface area contributed by atoms with Crippen LogP contribution < -0.4 is 5.32 Å². The fourth-order valence-corrected chi connectivity index (χ4v) is 2.35. The molecule has 8 heteroatoms. The van der Waals surface area contributed by atoms with Gasteiger partial charge >= 0.3 is 12.1 Å². The third-order valence-corrected chi connectivity index (χ3v) is 3.78. The first-order chi connectivity index (χ1) is 9.32. The normalized spacial score (nSPS) is 28.2. The number of halogens is 3. The second-order valence-corrected chi connectivity index (χ2v) is 5.13. The summed E-state index contributed by atoms with van der Waals surface area (Å²) < 4.78 is 40.9. The summed E-state index contributed by atoms with van der Waals surface area (Å²) >= 11 is 0. The molecular formula is C12H17F3N2O3. The second kappa shape index (κ2) is 5.59. The number of carbonyl (C=O) groups excluding carboxylic acids is 2. The van der Waals surface area contributed by atoms with Crippen molar-refractivity contribution in [3.63, 3.8) is 0 Å². The van der Waals surface area contributed by atoms with Crippen molar-refractivity contribution in [2.75, 3.05) is 6.54 Å². The smallest absolute Gasteiger partial charge is 0.430 e. The first-order valence-electron chi connectivity index (χ1n) is 6.67. The van der Waals surface area contributed by atoms with E-state index in [1.807, 2.05) is 6.92 Å². The number of rotatable bonds is 3. The zero-order chi connectivity index (χ0) is 14.9. The van der Waals surface area contributed by atoms with E-state index in [-0.39, 0.29) is 12.1 Å². The van der Waals surface area contributed by atoms with Gasteiger partial charge in [-0.05, 0) is 25.7 Å². The maximum Gasteiger partial charge on any atom is 0.490 e. The number of piperazine rings is 1. The Bertz CT molecular complexity index is 396. The van der Waals surface area contributed by atoms with Crippen LogP contribution >= 0.6 is 0 Å². The van der Waals surface area contributed by atoms with Crippen molar-refractivity contribution >= 4 is 11.9 Å². The Hall–Kier alpha value is -1.31. The second-order valence-electron chi connectivity index (χ2n) is 5.13. The third-order valence-electron chi connectivity index (χ3n) is 3.78. The van der Waals surface area contributed by atoms with Crippen molar-refractivity contribution in [2.24, 2.45) is 0 Å². The number of hydrogen-bond acceptors (Lipinski definition) is 4. The summed E-state index contributed by atoms with van der Waals surface area (Å²) in [5.41, 5.74) is 0. The molecule has 0 aromatic carbocycles. The van der Waals surface area contributed by atoms with Crippen LogP contribution in [0.3, 0.4) is 0 Å². The molecule has 1 saturated heterocycles. The van der Waals surface area contributed by atoms with Gasteiger partial charge in [-0.1, -0.05) is 6.92 Å². The van der Waals surface area contributed by atoms with Gasteiger partial charge < -0.3 is 9.64 Å². The van der Waals surface area contributed by atoms with E-state index in [1.165, 1.54) is 0 Å². The zero-order valence-electron chi connectivity index (χ0n) is 11.1. The molecule has 0 aromatic rings. The van der Waals surface area contributed by atoms with Crippen molar-refractivity contribution in [1.29, 1.82) is 0 Å². The van der Waals surface area contributed by atoms with Gasteiger partial charge in [0.25, 0.3) is 5.91 Å². The predicted octanol–water partition coefficient (Wildman–Crippen LogP) is 1.18. The maximum atomic E-state index is 12.2. The lowest BCUT2D eigenvalue weighted by molar-refractivity contribution is -0.210. The molecule has 1 N–H and O–H groups in total. The minimum atomic E-state index is -5.09. The highest BCUT2D eigenvalue weighted by atomic mass is 19.4. The van der Waals surface area contributed by atoms with Crippen molar-refractivity contribution in [3.05, 3.63) is 0 Å². The molecule has 2 fully saturated rings. The zero-order valence-corrected chi connectivity index (χ0v) is 11.1. The van der Waals surface area contributed by atoms with Crippen molar-refractivity contribution < 1.29 is 27.5 Å². The molecular weight excluding hydrogens is 277 g/mol. The van der Waals surface area contributed by atoms with E-state index in [9.17, 15) is 22.8 Å². The summed E-state index contributed by atoms with van der Waals surface area (Å²) in [6.45, 7) is 2.30. The largest absolute Gasteiger partial charge is 0.490 e. The molecule has 114 valence electrons. The molecule has 1 aliphatic heterocycles. The molecule has 1 heterocycles. The van der Waals surface area contributed by atoms with Gasteiger partial charge in [0, 0.05) is 18.6 Å². The molecule has 2 rings (SSSR count). The summed E-state index contributed by atoms with van der Waals surface area (Å²) in [5.74, 6) is -2.93. The summed E-state index contributed by atoms with van der Waals surface area (Å²) in [7, 11) is 0. The topological polar surface area (TPSA) is 58.6 Å². The first kappa shape index (κ1) is 15.1. The van der Waals surface area contributed by atoms with Gasteiger partial charge in [0.05, 0.1) is 0 Å². The third kappa shape index (κ3) is 3.05. The minimum Gasteiger partial charge on any atom is -0.430 e. The quantitative estimate of drug-likeness (QED) is 0.794. The van der Waals surface area contributed by atoms with Gasteiger partial charge in [-0.25, -0.2) is 4.79 Å². The molecule has 20 heavy (non-hydrogen) atoms. The predicted molar refractivity (Wildman–Crippen MR) is 62.5 cm³/mol. The van der Waals surface area contributed by atoms with Crippen LogP contribution in [0.15, 0.2) is 0 Å². The van der Waals surface area contributed by atoms with Crippen LogP contribution in [0.2, 0.25) is 0 Å². The van der Waals surface area contributed by atoms with E-state index >= 15 is 0 Å². The fraction of sp³-hybridized carbons (Fsp3) is 0.833. The molecule has 1 amide bonds. The Labute approximate surface area is 114 Å². The summed E-state index contributed by atoms with van der Waals surface area (Å²) in [4.78, 5) is 24.5. The fourth-order valence-electron chi connectivity index (χ4n) is 2.35.